The average molecular weight is 342 g/mol. The Morgan fingerprint density at radius 3 is 2.58 bits per heavy atom. The van der Waals surface area contributed by atoms with Crippen LogP contribution in [0.25, 0.3) is 0 Å². The quantitative estimate of drug-likeness (QED) is 0.890. The molecule has 2 aromatic carbocycles. The topological polar surface area (TPSA) is 29.5 Å². The van der Waals surface area contributed by atoms with Crippen LogP contribution in [0.3, 0.4) is 0 Å². The van der Waals surface area contributed by atoms with Crippen LogP contribution in [0.5, 0.6) is 5.75 Å². The van der Waals surface area contributed by atoms with Crippen LogP contribution < -0.4 is 4.74 Å². The maximum absolute atomic E-state index is 10.5. The lowest BCUT2D eigenvalue weighted by molar-refractivity contribution is 0.214. The molecule has 100 valence electrons. The molecule has 2 nitrogen and oxygen atoms in total. The van der Waals surface area contributed by atoms with Crippen molar-refractivity contribution in [2.75, 3.05) is 7.11 Å². The van der Waals surface area contributed by atoms with Gasteiger partial charge in [-0.15, -0.1) is 0 Å². The van der Waals surface area contributed by atoms with Crippen LogP contribution in [-0.2, 0) is 0 Å². The standard InChI is InChI=1S/C15H14BrClO2/c1-9-3-4-10(7-13(9)16)15(18)12-8-11(17)5-6-14(12)19-2/h3-8,15,18H,1-2H3. The first kappa shape index (κ1) is 14.4. The normalized spacial score (nSPS) is 12.3. The first-order chi connectivity index (χ1) is 9.02. The highest BCUT2D eigenvalue weighted by Crippen LogP contribution is 2.33. The van der Waals surface area contributed by atoms with E-state index in [0.717, 1.165) is 15.6 Å². The van der Waals surface area contributed by atoms with Crippen LogP contribution in [0.1, 0.15) is 22.8 Å². The maximum atomic E-state index is 10.5. The van der Waals surface area contributed by atoms with E-state index in [2.05, 4.69) is 15.9 Å². The molecule has 1 N–H and O–H groups in total. The van der Waals surface area contributed by atoms with E-state index in [1.807, 2.05) is 25.1 Å². The summed E-state index contributed by atoms with van der Waals surface area (Å²) in [6, 6.07) is 11.0. The van der Waals surface area contributed by atoms with Crippen molar-refractivity contribution in [3.05, 3.63) is 62.6 Å². The van der Waals surface area contributed by atoms with Gasteiger partial charge in [-0.2, -0.15) is 0 Å². The zero-order valence-electron chi connectivity index (χ0n) is 10.7. The van der Waals surface area contributed by atoms with Crippen molar-refractivity contribution in [2.45, 2.75) is 13.0 Å². The molecule has 0 fully saturated rings. The average Bonchev–Trinajstić information content (AvgIpc) is 2.41. The fourth-order valence-electron chi connectivity index (χ4n) is 1.88. The van der Waals surface area contributed by atoms with Gasteiger partial charge in [0.25, 0.3) is 0 Å². The van der Waals surface area contributed by atoms with Gasteiger partial charge in [0.2, 0.25) is 0 Å². The molecular weight excluding hydrogens is 328 g/mol. The summed E-state index contributed by atoms with van der Waals surface area (Å²) < 4.78 is 6.23. The Labute approximate surface area is 126 Å². The Morgan fingerprint density at radius 2 is 1.95 bits per heavy atom. The number of aliphatic hydroxyl groups is 1. The van der Waals surface area contributed by atoms with Crippen LogP contribution in [0.4, 0.5) is 0 Å². The molecular formula is C15H14BrClO2. The first-order valence-corrected chi connectivity index (χ1v) is 6.97. The zero-order chi connectivity index (χ0) is 14.0. The largest absolute Gasteiger partial charge is 0.496 e. The molecule has 0 saturated carbocycles. The molecule has 0 aliphatic carbocycles. The fourth-order valence-corrected chi connectivity index (χ4v) is 2.45. The number of benzene rings is 2. The zero-order valence-corrected chi connectivity index (χ0v) is 13.0. The second kappa shape index (κ2) is 5.95. The number of rotatable bonds is 3. The second-order valence-corrected chi connectivity index (χ2v) is 5.59. The summed E-state index contributed by atoms with van der Waals surface area (Å²) in [5.41, 5.74) is 2.57. The van der Waals surface area contributed by atoms with Crippen LogP contribution >= 0.6 is 27.5 Å². The molecule has 0 saturated heterocycles. The van der Waals surface area contributed by atoms with Gasteiger partial charge in [-0.1, -0.05) is 39.7 Å². The van der Waals surface area contributed by atoms with Crippen LogP contribution in [0.2, 0.25) is 5.02 Å². The Balaban J connectivity index is 2.45. The van der Waals surface area contributed by atoms with Crippen LogP contribution in [-0.4, -0.2) is 12.2 Å². The third-order valence-corrected chi connectivity index (χ3v) is 4.09. The highest BCUT2D eigenvalue weighted by Gasteiger charge is 2.16. The van der Waals surface area contributed by atoms with Crippen molar-refractivity contribution in [2.24, 2.45) is 0 Å². The van der Waals surface area contributed by atoms with E-state index in [0.29, 0.717) is 16.3 Å². The molecule has 1 unspecified atom stereocenters. The van der Waals surface area contributed by atoms with E-state index >= 15 is 0 Å². The third-order valence-electron chi connectivity index (χ3n) is 3.00. The van der Waals surface area contributed by atoms with E-state index in [4.69, 9.17) is 16.3 Å². The lowest BCUT2D eigenvalue weighted by atomic mass is 10.00. The molecule has 0 spiro atoms. The number of hydrogen-bond acceptors (Lipinski definition) is 2. The van der Waals surface area contributed by atoms with E-state index in [1.165, 1.54) is 0 Å². The van der Waals surface area contributed by atoms with Gasteiger partial charge in [0.1, 0.15) is 11.9 Å². The number of aliphatic hydroxyl groups excluding tert-OH is 1. The molecule has 0 aliphatic heterocycles. The van der Waals surface area contributed by atoms with Crippen molar-refractivity contribution in [3.63, 3.8) is 0 Å². The fraction of sp³-hybridized carbons (Fsp3) is 0.200. The van der Waals surface area contributed by atoms with Gasteiger partial charge in [0.05, 0.1) is 7.11 Å². The van der Waals surface area contributed by atoms with Gasteiger partial charge >= 0.3 is 0 Å². The van der Waals surface area contributed by atoms with E-state index < -0.39 is 6.10 Å². The number of hydrogen-bond donors (Lipinski definition) is 1. The summed E-state index contributed by atoms with van der Waals surface area (Å²) in [5.74, 6) is 0.619. The Kier molecular flexibility index (Phi) is 4.50. The minimum absolute atomic E-state index is 0.570. The van der Waals surface area contributed by atoms with Crippen molar-refractivity contribution in [3.8, 4) is 5.75 Å². The second-order valence-electron chi connectivity index (χ2n) is 4.30. The van der Waals surface area contributed by atoms with E-state index in [9.17, 15) is 5.11 Å². The van der Waals surface area contributed by atoms with Crippen LogP contribution in [0.15, 0.2) is 40.9 Å². The maximum Gasteiger partial charge on any atom is 0.125 e. The molecule has 0 aromatic heterocycles. The van der Waals surface area contributed by atoms with Crippen molar-refractivity contribution >= 4 is 27.5 Å². The SMILES string of the molecule is COc1ccc(Cl)cc1C(O)c1ccc(C)c(Br)c1. The molecule has 0 amide bonds. The van der Waals surface area contributed by atoms with Gasteiger partial charge < -0.3 is 9.84 Å². The predicted octanol–water partition coefficient (Wildman–Crippen LogP) is 4.50. The van der Waals surface area contributed by atoms with Crippen molar-refractivity contribution < 1.29 is 9.84 Å². The molecule has 19 heavy (non-hydrogen) atoms. The van der Waals surface area contributed by atoms with Gasteiger partial charge in [-0.05, 0) is 42.3 Å². The summed E-state index contributed by atoms with van der Waals surface area (Å²) in [4.78, 5) is 0. The number of ether oxygens (including phenoxy) is 1. The molecule has 2 rings (SSSR count). The monoisotopic (exact) mass is 340 g/mol. The molecule has 2 aromatic rings. The summed E-state index contributed by atoms with van der Waals surface area (Å²) in [6.45, 7) is 2.00. The Bertz CT molecular complexity index is 599. The number of aryl methyl sites for hydroxylation is 1. The highest BCUT2D eigenvalue weighted by molar-refractivity contribution is 9.10. The third kappa shape index (κ3) is 3.11. The predicted molar refractivity (Wildman–Crippen MR) is 80.9 cm³/mol. The lowest BCUT2D eigenvalue weighted by Gasteiger charge is -2.16. The van der Waals surface area contributed by atoms with Crippen molar-refractivity contribution in [1.29, 1.82) is 0 Å². The van der Waals surface area contributed by atoms with Gasteiger partial charge in [0.15, 0.2) is 0 Å². The first-order valence-electron chi connectivity index (χ1n) is 5.80. The Morgan fingerprint density at radius 1 is 1.21 bits per heavy atom. The van der Waals surface area contributed by atoms with Gasteiger partial charge in [-0.3, -0.25) is 0 Å². The Hall–Kier alpha value is -1.03. The minimum atomic E-state index is -0.773. The molecule has 0 heterocycles. The smallest absolute Gasteiger partial charge is 0.125 e. The van der Waals surface area contributed by atoms with E-state index in [1.54, 1.807) is 25.3 Å². The summed E-state index contributed by atoms with van der Waals surface area (Å²) >= 11 is 9.45. The summed E-state index contributed by atoms with van der Waals surface area (Å²) in [5, 5.41) is 11.1. The molecule has 0 radical (unpaired) electrons. The van der Waals surface area contributed by atoms with Crippen LogP contribution in [0, 0.1) is 6.92 Å². The molecule has 1 atom stereocenters. The number of halogens is 2. The lowest BCUT2D eigenvalue weighted by Crippen LogP contribution is -2.02. The molecule has 4 heteroatoms. The summed E-state index contributed by atoms with van der Waals surface area (Å²) in [7, 11) is 1.57. The van der Waals surface area contributed by atoms with E-state index in [-0.39, 0.29) is 0 Å². The minimum Gasteiger partial charge on any atom is -0.496 e. The van der Waals surface area contributed by atoms with Gasteiger partial charge in [-0.25, -0.2) is 0 Å². The highest BCUT2D eigenvalue weighted by atomic mass is 79.9. The molecule has 0 bridgehead atoms. The summed E-state index contributed by atoms with van der Waals surface area (Å²) in [6.07, 6.45) is -0.773. The van der Waals surface area contributed by atoms with Crippen molar-refractivity contribution in [1.82, 2.24) is 0 Å². The number of methoxy groups -OCH3 is 1. The van der Waals surface area contributed by atoms with Gasteiger partial charge in [0, 0.05) is 15.1 Å². The molecule has 0 aliphatic rings.